The maximum Gasteiger partial charge on any atom is 0.348 e. The first-order valence-corrected chi connectivity index (χ1v) is 11.1. The molecule has 9 heteroatoms. The van der Waals surface area contributed by atoms with E-state index in [0.29, 0.717) is 17.7 Å². The molecule has 2 heterocycles. The average Bonchev–Trinajstić information content (AvgIpc) is 3.35. The number of benzene rings is 1. The van der Waals surface area contributed by atoms with Gasteiger partial charge in [-0.25, -0.2) is 9.59 Å². The number of ether oxygens (including phenoxy) is 2. The van der Waals surface area contributed by atoms with Gasteiger partial charge in [0.25, 0.3) is 5.91 Å². The van der Waals surface area contributed by atoms with Crippen LogP contribution in [0, 0.1) is 6.92 Å². The predicted molar refractivity (Wildman–Crippen MR) is 118 cm³/mol. The third kappa shape index (κ3) is 3.80. The van der Waals surface area contributed by atoms with E-state index in [4.69, 9.17) is 14.0 Å². The highest BCUT2D eigenvalue weighted by molar-refractivity contribution is 7.18. The lowest BCUT2D eigenvalue weighted by Crippen LogP contribution is -2.17. The smallest absolute Gasteiger partial charge is 0.348 e. The van der Waals surface area contributed by atoms with Gasteiger partial charge in [0.1, 0.15) is 9.88 Å². The number of hydrogen-bond donors (Lipinski definition) is 1. The number of amides is 1. The van der Waals surface area contributed by atoms with Crippen molar-refractivity contribution in [2.75, 3.05) is 18.5 Å². The molecule has 0 radical (unpaired) electrons. The number of fused-ring (bicyclic) bond motifs is 3. The van der Waals surface area contributed by atoms with Crippen LogP contribution in [0.5, 0.6) is 0 Å². The number of nitrogens with one attached hydrogen (secondary N) is 1. The van der Waals surface area contributed by atoms with E-state index in [-0.39, 0.29) is 34.3 Å². The SMILES string of the molecule is CCOC(=O)c1sc(NC(=O)c2noc3c2CCc2ccccc2-3)c(C(=O)OCC)c1C. The molecule has 1 aromatic carbocycles. The second kappa shape index (κ2) is 8.96. The van der Waals surface area contributed by atoms with Crippen LogP contribution in [0.15, 0.2) is 28.8 Å². The molecule has 0 unspecified atom stereocenters. The second-order valence-corrected chi connectivity index (χ2v) is 8.17. The van der Waals surface area contributed by atoms with Crippen molar-refractivity contribution in [3.05, 3.63) is 57.1 Å². The number of esters is 2. The molecule has 8 nitrogen and oxygen atoms in total. The number of anilines is 1. The Bertz CT molecular complexity index is 1210. The highest BCUT2D eigenvalue weighted by Gasteiger charge is 2.31. The van der Waals surface area contributed by atoms with Crippen molar-refractivity contribution in [2.24, 2.45) is 0 Å². The van der Waals surface area contributed by atoms with E-state index in [1.54, 1.807) is 20.8 Å². The highest BCUT2D eigenvalue weighted by Crippen LogP contribution is 2.37. The Morgan fingerprint density at radius 3 is 2.56 bits per heavy atom. The third-order valence-electron chi connectivity index (χ3n) is 5.22. The maximum atomic E-state index is 13.1. The van der Waals surface area contributed by atoms with Crippen molar-refractivity contribution >= 4 is 34.2 Å². The number of thiophene rings is 1. The summed E-state index contributed by atoms with van der Waals surface area (Å²) in [4.78, 5) is 38.2. The third-order valence-corrected chi connectivity index (χ3v) is 6.41. The molecule has 0 atom stereocenters. The Balaban J connectivity index is 1.68. The first-order chi connectivity index (χ1) is 15.5. The van der Waals surface area contributed by atoms with Gasteiger partial charge in [0.15, 0.2) is 11.5 Å². The van der Waals surface area contributed by atoms with Crippen molar-refractivity contribution in [1.29, 1.82) is 0 Å². The largest absolute Gasteiger partial charge is 0.462 e. The molecule has 1 N–H and O–H groups in total. The number of rotatable bonds is 6. The Hall–Kier alpha value is -3.46. The van der Waals surface area contributed by atoms with Gasteiger partial charge in [-0.2, -0.15) is 0 Å². The number of carbonyl (C=O) groups excluding carboxylic acids is 3. The lowest BCUT2D eigenvalue weighted by atomic mass is 9.89. The van der Waals surface area contributed by atoms with Crippen LogP contribution in [-0.2, 0) is 22.3 Å². The fourth-order valence-corrected chi connectivity index (χ4v) is 4.84. The highest BCUT2D eigenvalue weighted by atomic mass is 32.1. The van der Waals surface area contributed by atoms with E-state index in [9.17, 15) is 14.4 Å². The van der Waals surface area contributed by atoms with Gasteiger partial charge < -0.3 is 19.3 Å². The average molecular weight is 455 g/mol. The summed E-state index contributed by atoms with van der Waals surface area (Å²) in [6, 6.07) is 7.84. The molecule has 0 fully saturated rings. The van der Waals surface area contributed by atoms with Gasteiger partial charge in [-0.1, -0.05) is 29.4 Å². The van der Waals surface area contributed by atoms with E-state index >= 15 is 0 Å². The summed E-state index contributed by atoms with van der Waals surface area (Å²) < 4.78 is 15.7. The van der Waals surface area contributed by atoms with Crippen LogP contribution in [0.4, 0.5) is 5.00 Å². The second-order valence-electron chi connectivity index (χ2n) is 7.15. The van der Waals surface area contributed by atoms with Crippen LogP contribution in [0.1, 0.15) is 61.1 Å². The van der Waals surface area contributed by atoms with Gasteiger partial charge in [0.2, 0.25) is 0 Å². The summed E-state index contributed by atoms with van der Waals surface area (Å²) in [5, 5.41) is 6.95. The predicted octanol–water partition coefficient (Wildman–Crippen LogP) is 4.42. The van der Waals surface area contributed by atoms with Crippen molar-refractivity contribution in [2.45, 2.75) is 33.6 Å². The molecule has 1 aliphatic rings. The summed E-state index contributed by atoms with van der Waals surface area (Å²) in [5.74, 6) is -1.12. The molecule has 32 heavy (non-hydrogen) atoms. The molecule has 0 saturated carbocycles. The van der Waals surface area contributed by atoms with Crippen molar-refractivity contribution < 1.29 is 28.4 Å². The summed E-state index contributed by atoms with van der Waals surface area (Å²) in [6.07, 6.45) is 1.38. The lowest BCUT2D eigenvalue weighted by molar-refractivity contribution is 0.0527. The number of carbonyl (C=O) groups is 3. The summed E-state index contributed by atoms with van der Waals surface area (Å²) in [7, 11) is 0. The fourth-order valence-electron chi connectivity index (χ4n) is 3.75. The summed E-state index contributed by atoms with van der Waals surface area (Å²) in [6.45, 7) is 5.36. The normalized spacial score (nSPS) is 12.0. The Labute approximate surface area is 188 Å². The first kappa shape index (κ1) is 21.8. The standard InChI is InChI=1S/C23H22N2O6S/c1-4-29-22(27)16-12(3)19(23(28)30-5-2)32-21(16)24-20(26)17-15-11-10-13-8-6-7-9-14(13)18(15)31-25-17/h6-9H,4-5,10-11H2,1-3H3,(H,24,26). The van der Waals surface area contributed by atoms with Gasteiger partial charge in [-0.3, -0.25) is 4.79 Å². The van der Waals surface area contributed by atoms with E-state index in [1.807, 2.05) is 24.3 Å². The maximum absolute atomic E-state index is 13.1. The lowest BCUT2D eigenvalue weighted by Gasteiger charge is -2.14. The molecule has 0 aliphatic heterocycles. The monoisotopic (exact) mass is 454 g/mol. The molecule has 0 saturated heterocycles. The molecule has 4 rings (SSSR count). The van der Waals surface area contributed by atoms with Gasteiger partial charge in [0.05, 0.1) is 18.8 Å². The van der Waals surface area contributed by atoms with Crippen LogP contribution in [0.2, 0.25) is 0 Å². The molecule has 166 valence electrons. The van der Waals surface area contributed by atoms with E-state index in [0.717, 1.165) is 34.4 Å². The molecular formula is C23H22N2O6S. The quantitative estimate of drug-likeness (QED) is 0.550. The van der Waals surface area contributed by atoms with Crippen molar-refractivity contribution in [3.8, 4) is 11.3 Å². The topological polar surface area (TPSA) is 108 Å². The first-order valence-electron chi connectivity index (χ1n) is 10.3. The van der Waals surface area contributed by atoms with Crippen molar-refractivity contribution in [1.82, 2.24) is 5.16 Å². The Morgan fingerprint density at radius 1 is 1.09 bits per heavy atom. The minimum atomic E-state index is -0.622. The fraction of sp³-hybridized carbons (Fsp3) is 0.304. The van der Waals surface area contributed by atoms with Gasteiger partial charge in [0, 0.05) is 11.1 Å². The minimum Gasteiger partial charge on any atom is -0.462 e. The zero-order valence-electron chi connectivity index (χ0n) is 17.9. The van der Waals surface area contributed by atoms with Crippen LogP contribution in [0.3, 0.4) is 0 Å². The van der Waals surface area contributed by atoms with Crippen LogP contribution in [0.25, 0.3) is 11.3 Å². The molecule has 1 amide bonds. The number of nitrogens with zero attached hydrogens (tertiary/aromatic N) is 1. The molecule has 0 spiro atoms. The Kier molecular flexibility index (Phi) is 6.09. The molecule has 3 aromatic rings. The summed E-state index contributed by atoms with van der Waals surface area (Å²) in [5.41, 5.74) is 3.48. The summed E-state index contributed by atoms with van der Waals surface area (Å²) >= 11 is 0.974. The van der Waals surface area contributed by atoms with E-state index in [1.165, 1.54) is 0 Å². The zero-order chi connectivity index (χ0) is 22.8. The Morgan fingerprint density at radius 2 is 1.81 bits per heavy atom. The number of aryl methyl sites for hydroxylation is 1. The molecule has 2 aromatic heterocycles. The van der Waals surface area contributed by atoms with Crippen LogP contribution < -0.4 is 5.32 Å². The van der Waals surface area contributed by atoms with Crippen LogP contribution >= 0.6 is 11.3 Å². The van der Waals surface area contributed by atoms with Crippen LogP contribution in [-0.4, -0.2) is 36.2 Å². The number of hydrogen-bond acceptors (Lipinski definition) is 8. The molecule has 0 bridgehead atoms. The van der Waals surface area contributed by atoms with Crippen molar-refractivity contribution in [3.63, 3.8) is 0 Å². The van der Waals surface area contributed by atoms with E-state index in [2.05, 4.69) is 10.5 Å². The minimum absolute atomic E-state index is 0.135. The van der Waals surface area contributed by atoms with Gasteiger partial charge in [-0.05, 0) is 44.7 Å². The van der Waals surface area contributed by atoms with Gasteiger partial charge >= 0.3 is 11.9 Å². The zero-order valence-corrected chi connectivity index (χ0v) is 18.8. The number of aromatic nitrogens is 1. The van der Waals surface area contributed by atoms with E-state index < -0.39 is 17.8 Å². The molecular weight excluding hydrogens is 432 g/mol. The van der Waals surface area contributed by atoms with Gasteiger partial charge in [-0.15, -0.1) is 11.3 Å². The molecule has 1 aliphatic carbocycles.